The van der Waals surface area contributed by atoms with Crippen LogP contribution in [0.4, 0.5) is 0 Å². The number of benzene rings is 1. The Morgan fingerprint density at radius 2 is 2.10 bits per heavy atom. The second kappa shape index (κ2) is 5.18. The third-order valence-electron chi connectivity index (χ3n) is 3.62. The quantitative estimate of drug-likeness (QED) is 0.868. The van der Waals surface area contributed by atoms with Crippen molar-refractivity contribution < 1.29 is 13.2 Å². The molecule has 0 spiro atoms. The summed E-state index contributed by atoms with van der Waals surface area (Å²) in [4.78, 5) is 0.0376. The van der Waals surface area contributed by atoms with Gasteiger partial charge in [0.2, 0.25) is 10.0 Å². The Hall–Kier alpha value is -0.820. The number of halogens is 1. The summed E-state index contributed by atoms with van der Waals surface area (Å²) in [6.45, 7) is 4.18. The van der Waals surface area contributed by atoms with E-state index in [-0.39, 0.29) is 28.6 Å². The number of sulfonamides is 1. The Kier molecular flexibility index (Phi) is 4.03. The highest BCUT2D eigenvalue weighted by Crippen LogP contribution is 2.45. The fourth-order valence-electron chi connectivity index (χ4n) is 2.12. The maximum absolute atomic E-state index is 12.5. The van der Waals surface area contributed by atoms with Crippen LogP contribution in [0.15, 0.2) is 17.0 Å². The predicted octanol–water partition coefficient (Wildman–Crippen LogP) is 1.88. The molecule has 20 heavy (non-hydrogen) atoms. The largest absolute Gasteiger partial charge is 0.495 e. The van der Waals surface area contributed by atoms with E-state index in [0.717, 1.165) is 6.42 Å². The second-order valence-corrected chi connectivity index (χ2v) is 7.79. The lowest BCUT2D eigenvalue weighted by molar-refractivity contribution is 0.397. The lowest BCUT2D eigenvalue weighted by atomic mass is 10.2. The lowest BCUT2D eigenvalue weighted by Crippen LogP contribution is -2.29. The molecule has 1 aliphatic carbocycles. The summed E-state index contributed by atoms with van der Waals surface area (Å²) in [6, 6.07) is 2.94. The van der Waals surface area contributed by atoms with Gasteiger partial charge in [-0.3, -0.25) is 0 Å². The molecule has 1 fully saturated rings. The van der Waals surface area contributed by atoms with Crippen molar-refractivity contribution in [2.75, 3.05) is 7.11 Å². The molecule has 1 aromatic carbocycles. The highest BCUT2D eigenvalue weighted by molar-refractivity contribution is 7.89. The molecule has 1 atom stereocenters. The normalized spacial score (nSPS) is 20.8. The van der Waals surface area contributed by atoms with Crippen molar-refractivity contribution in [2.45, 2.75) is 37.8 Å². The number of methoxy groups -OCH3 is 1. The van der Waals surface area contributed by atoms with Crippen LogP contribution in [-0.4, -0.2) is 21.6 Å². The third kappa shape index (κ3) is 2.93. The molecular weight excluding hydrogens is 300 g/mol. The summed E-state index contributed by atoms with van der Waals surface area (Å²) in [6.07, 6.45) is 0.818. The highest BCUT2D eigenvalue weighted by Gasteiger charge is 2.48. The topological polar surface area (TPSA) is 81.4 Å². The first-order valence-electron chi connectivity index (χ1n) is 6.30. The van der Waals surface area contributed by atoms with Crippen LogP contribution in [-0.2, 0) is 16.6 Å². The second-order valence-electron chi connectivity index (χ2n) is 5.67. The van der Waals surface area contributed by atoms with Gasteiger partial charge in [0, 0.05) is 23.2 Å². The van der Waals surface area contributed by atoms with Gasteiger partial charge in [0.05, 0.1) is 7.11 Å². The summed E-state index contributed by atoms with van der Waals surface area (Å²) < 4.78 is 32.8. The van der Waals surface area contributed by atoms with Crippen LogP contribution in [0.3, 0.4) is 0 Å². The van der Waals surface area contributed by atoms with E-state index >= 15 is 0 Å². The van der Waals surface area contributed by atoms with Gasteiger partial charge in [0.25, 0.3) is 0 Å². The molecule has 7 heteroatoms. The molecule has 1 aromatic rings. The van der Waals surface area contributed by atoms with Gasteiger partial charge in [-0.2, -0.15) is 0 Å². The molecule has 0 bridgehead atoms. The molecular formula is C13H19ClN2O3S. The van der Waals surface area contributed by atoms with Crippen LogP contribution in [0.25, 0.3) is 0 Å². The number of hydrogen-bond donors (Lipinski definition) is 2. The van der Waals surface area contributed by atoms with Crippen molar-refractivity contribution in [3.63, 3.8) is 0 Å². The monoisotopic (exact) mass is 318 g/mol. The van der Waals surface area contributed by atoms with Crippen LogP contribution >= 0.6 is 11.6 Å². The van der Waals surface area contributed by atoms with Crippen LogP contribution in [0, 0.1) is 5.41 Å². The fraction of sp³-hybridized carbons (Fsp3) is 0.538. The number of nitrogens with one attached hydrogen (secondary N) is 1. The zero-order valence-electron chi connectivity index (χ0n) is 11.7. The average molecular weight is 319 g/mol. The summed E-state index contributed by atoms with van der Waals surface area (Å²) in [5, 5.41) is 0.321. The predicted molar refractivity (Wildman–Crippen MR) is 78.4 cm³/mol. The van der Waals surface area contributed by atoms with Gasteiger partial charge >= 0.3 is 0 Å². The molecule has 3 N–H and O–H groups in total. The van der Waals surface area contributed by atoms with Gasteiger partial charge in [0.15, 0.2) is 0 Å². The summed E-state index contributed by atoms with van der Waals surface area (Å²) in [5.74, 6) is 0.253. The first-order valence-corrected chi connectivity index (χ1v) is 8.16. The molecule has 0 radical (unpaired) electrons. The Balaban J connectivity index is 2.43. The molecule has 0 saturated heterocycles. The van der Waals surface area contributed by atoms with Gasteiger partial charge in [-0.15, -0.1) is 0 Å². The van der Waals surface area contributed by atoms with Crippen molar-refractivity contribution in [1.82, 2.24) is 4.72 Å². The first kappa shape index (κ1) is 15.6. The zero-order valence-corrected chi connectivity index (χ0v) is 13.3. The number of ether oxygens (including phenoxy) is 1. The van der Waals surface area contributed by atoms with E-state index in [2.05, 4.69) is 4.72 Å². The van der Waals surface area contributed by atoms with Gasteiger partial charge in [-0.05, 0) is 24.0 Å². The van der Waals surface area contributed by atoms with E-state index in [4.69, 9.17) is 22.1 Å². The number of rotatable bonds is 5. The van der Waals surface area contributed by atoms with E-state index in [1.54, 1.807) is 6.07 Å². The lowest BCUT2D eigenvalue weighted by Gasteiger charge is -2.15. The Labute approximate surface area is 124 Å². The van der Waals surface area contributed by atoms with E-state index in [0.29, 0.717) is 10.6 Å². The Morgan fingerprint density at radius 1 is 1.50 bits per heavy atom. The Morgan fingerprint density at radius 3 is 2.55 bits per heavy atom. The fourth-order valence-corrected chi connectivity index (χ4v) is 4.07. The van der Waals surface area contributed by atoms with E-state index in [9.17, 15) is 8.42 Å². The van der Waals surface area contributed by atoms with Crippen molar-refractivity contribution in [3.8, 4) is 5.75 Å². The van der Waals surface area contributed by atoms with Crippen LogP contribution in [0.1, 0.15) is 25.8 Å². The molecule has 112 valence electrons. The molecule has 5 nitrogen and oxygen atoms in total. The van der Waals surface area contributed by atoms with Gasteiger partial charge < -0.3 is 10.5 Å². The maximum atomic E-state index is 12.5. The molecule has 0 amide bonds. The maximum Gasteiger partial charge on any atom is 0.244 e. The van der Waals surface area contributed by atoms with Gasteiger partial charge in [-0.1, -0.05) is 25.4 Å². The summed E-state index contributed by atoms with van der Waals surface area (Å²) in [5.41, 5.74) is 6.17. The van der Waals surface area contributed by atoms with Crippen molar-refractivity contribution in [3.05, 3.63) is 22.7 Å². The minimum Gasteiger partial charge on any atom is -0.495 e. The van der Waals surface area contributed by atoms with Crippen LogP contribution in [0.2, 0.25) is 5.02 Å². The number of nitrogens with two attached hydrogens (primary N) is 1. The van der Waals surface area contributed by atoms with Gasteiger partial charge in [0.1, 0.15) is 10.6 Å². The third-order valence-corrected chi connectivity index (χ3v) is 5.32. The molecule has 0 aliphatic heterocycles. The Bertz CT molecular complexity index is 629. The minimum absolute atomic E-state index is 0.00439. The SMILES string of the molecule is COc1c(CN)cc(Cl)cc1S(=O)(=O)NC1CC1(C)C. The number of hydrogen-bond acceptors (Lipinski definition) is 4. The van der Waals surface area contributed by atoms with Crippen molar-refractivity contribution in [1.29, 1.82) is 0 Å². The molecule has 2 rings (SSSR count). The van der Waals surface area contributed by atoms with Gasteiger partial charge in [-0.25, -0.2) is 13.1 Å². The average Bonchev–Trinajstić information content (AvgIpc) is 2.94. The van der Waals surface area contributed by atoms with Crippen molar-refractivity contribution in [2.24, 2.45) is 11.1 Å². The van der Waals surface area contributed by atoms with E-state index < -0.39 is 10.0 Å². The molecule has 0 heterocycles. The summed E-state index contributed by atoms with van der Waals surface area (Å²) >= 11 is 5.97. The van der Waals surface area contributed by atoms with E-state index in [1.165, 1.54) is 13.2 Å². The first-order chi connectivity index (χ1) is 9.21. The molecule has 1 saturated carbocycles. The standard InChI is InChI=1S/C13H19ClN2O3S/c1-13(2)6-11(13)16-20(17,18)10-5-9(14)4-8(7-15)12(10)19-3/h4-5,11,16H,6-7,15H2,1-3H3. The zero-order chi connectivity index (χ0) is 15.1. The molecule has 1 unspecified atom stereocenters. The van der Waals surface area contributed by atoms with Crippen LogP contribution in [0.5, 0.6) is 5.75 Å². The minimum atomic E-state index is -3.68. The smallest absolute Gasteiger partial charge is 0.244 e. The van der Waals surface area contributed by atoms with Crippen LogP contribution < -0.4 is 15.2 Å². The van der Waals surface area contributed by atoms with E-state index in [1.807, 2.05) is 13.8 Å². The highest BCUT2D eigenvalue weighted by atomic mass is 35.5. The summed E-state index contributed by atoms with van der Waals surface area (Å²) in [7, 11) is -2.26. The molecule has 1 aliphatic rings. The van der Waals surface area contributed by atoms with Crippen molar-refractivity contribution >= 4 is 21.6 Å². The molecule has 0 aromatic heterocycles.